The van der Waals surface area contributed by atoms with Crippen LogP contribution in [0.3, 0.4) is 0 Å². The molecule has 1 atom stereocenters. The van der Waals surface area contributed by atoms with Crippen LogP contribution >= 0.6 is 11.6 Å². The molecule has 1 heterocycles. The van der Waals surface area contributed by atoms with E-state index < -0.39 is 11.9 Å². The molecule has 5 nitrogen and oxygen atoms in total. The number of nitrogens with zero attached hydrogens (tertiary/aromatic N) is 2. The first-order valence-corrected chi connectivity index (χ1v) is 8.46. The maximum absolute atomic E-state index is 13.2. The summed E-state index contributed by atoms with van der Waals surface area (Å²) < 4.78 is 1.55. The average Bonchev–Trinajstić information content (AvgIpc) is 2.62. The van der Waals surface area contributed by atoms with Gasteiger partial charge in [0.05, 0.1) is 22.5 Å². The monoisotopic (exact) mass is 365 g/mol. The molecule has 0 aliphatic heterocycles. The first-order chi connectivity index (χ1) is 12.5. The molecule has 130 valence electrons. The summed E-state index contributed by atoms with van der Waals surface area (Å²) >= 11 is 6.26. The molecule has 2 aromatic carbocycles. The van der Waals surface area contributed by atoms with E-state index in [4.69, 9.17) is 16.9 Å². The van der Waals surface area contributed by atoms with Gasteiger partial charge < -0.3 is 5.32 Å². The van der Waals surface area contributed by atoms with E-state index in [9.17, 15) is 9.59 Å². The molecule has 0 aliphatic rings. The Bertz CT molecular complexity index is 1070. The highest BCUT2D eigenvalue weighted by atomic mass is 35.5. The summed E-state index contributed by atoms with van der Waals surface area (Å²) in [5.41, 5.74) is 1.04. The van der Waals surface area contributed by atoms with E-state index in [1.807, 2.05) is 48.5 Å². The van der Waals surface area contributed by atoms with Gasteiger partial charge in [-0.3, -0.25) is 14.2 Å². The molecule has 1 N–H and O–H groups in total. The molecule has 0 fully saturated rings. The molecule has 26 heavy (non-hydrogen) atoms. The second-order valence-corrected chi connectivity index (χ2v) is 6.28. The lowest BCUT2D eigenvalue weighted by Gasteiger charge is -2.21. The lowest BCUT2D eigenvalue weighted by Crippen LogP contribution is -2.31. The number of pyridine rings is 1. The van der Waals surface area contributed by atoms with Gasteiger partial charge in [0.15, 0.2) is 0 Å². The van der Waals surface area contributed by atoms with Gasteiger partial charge >= 0.3 is 0 Å². The van der Waals surface area contributed by atoms with Gasteiger partial charge in [-0.15, -0.1) is 0 Å². The minimum Gasteiger partial charge on any atom is -0.347 e. The topological polar surface area (TPSA) is 74.9 Å². The number of aromatic nitrogens is 1. The van der Waals surface area contributed by atoms with Gasteiger partial charge in [0, 0.05) is 11.4 Å². The zero-order valence-corrected chi connectivity index (χ0v) is 14.8. The number of amides is 1. The smallest absolute Gasteiger partial charge is 0.264 e. The first-order valence-electron chi connectivity index (χ1n) is 8.09. The number of halogens is 1. The molecule has 0 saturated carbocycles. The summed E-state index contributed by atoms with van der Waals surface area (Å²) in [5.74, 6) is -0.391. The summed E-state index contributed by atoms with van der Waals surface area (Å²) in [7, 11) is 0. The number of nitriles is 1. The number of carbonyl (C=O) groups is 1. The van der Waals surface area contributed by atoms with Crippen LogP contribution in [0.2, 0.25) is 5.02 Å². The predicted molar refractivity (Wildman–Crippen MR) is 101 cm³/mol. The molecule has 0 spiro atoms. The molecule has 0 bridgehead atoms. The molecule has 6 heteroatoms. The van der Waals surface area contributed by atoms with Gasteiger partial charge in [-0.1, -0.05) is 41.9 Å². The number of carbonyl (C=O) groups excluding carboxylic acids is 1. The second kappa shape index (κ2) is 7.42. The standard InChI is InChI=1S/C20H16ClN3O2/c1-13(23-18(25)10-11-22)17-12-14-6-5-9-16(21)19(14)20(26)24(17)15-7-3-2-4-8-15/h2-9,12-13H,10H2,1H3,(H,23,25)/t13-/m0/s1. The first kappa shape index (κ1) is 17.7. The van der Waals surface area contributed by atoms with E-state index >= 15 is 0 Å². The summed E-state index contributed by atoms with van der Waals surface area (Å²) in [4.78, 5) is 25.0. The van der Waals surface area contributed by atoms with E-state index in [-0.39, 0.29) is 12.0 Å². The van der Waals surface area contributed by atoms with E-state index in [0.717, 1.165) is 0 Å². The van der Waals surface area contributed by atoms with Gasteiger partial charge in [-0.25, -0.2) is 0 Å². The van der Waals surface area contributed by atoms with Crippen LogP contribution in [-0.2, 0) is 4.79 Å². The van der Waals surface area contributed by atoms with Gasteiger partial charge in [-0.2, -0.15) is 5.26 Å². The van der Waals surface area contributed by atoms with Gasteiger partial charge in [-0.05, 0) is 36.6 Å². The van der Waals surface area contributed by atoms with Crippen LogP contribution in [0.5, 0.6) is 0 Å². The molecule has 1 aromatic heterocycles. The maximum Gasteiger partial charge on any atom is 0.264 e. The van der Waals surface area contributed by atoms with Crippen LogP contribution in [0, 0.1) is 11.3 Å². The summed E-state index contributed by atoms with van der Waals surface area (Å²) in [6, 6.07) is 17.6. The van der Waals surface area contributed by atoms with E-state index in [0.29, 0.717) is 27.2 Å². The van der Waals surface area contributed by atoms with E-state index in [1.165, 1.54) is 0 Å². The summed E-state index contributed by atoms with van der Waals surface area (Å²) in [6.45, 7) is 1.78. The Morgan fingerprint density at radius 3 is 2.65 bits per heavy atom. The van der Waals surface area contributed by atoms with Gasteiger partial charge in [0.2, 0.25) is 5.91 Å². The van der Waals surface area contributed by atoms with E-state index in [2.05, 4.69) is 5.32 Å². The van der Waals surface area contributed by atoms with Crippen LogP contribution in [0.1, 0.15) is 25.1 Å². The lowest BCUT2D eigenvalue weighted by molar-refractivity contribution is -0.120. The Morgan fingerprint density at radius 2 is 1.96 bits per heavy atom. The van der Waals surface area contributed by atoms with Crippen LogP contribution < -0.4 is 10.9 Å². The fourth-order valence-electron chi connectivity index (χ4n) is 2.94. The number of hydrogen-bond acceptors (Lipinski definition) is 3. The molecule has 1 amide bonds. The fourth-order valence-corrected chi connectivity index (χ4v) is 3.20. The molecule has 3 aromatic rings. The molecule has 0 aliphatic carbocycles. The number of nitrogens with one attached hydrogen (secondary N) is 1. The molecule has 3 rings (SSSR count). The van der Waals surface area contributed by atoms with Crippen molar-refractivity contribution in [2.24, 2.45) is 0 Å². The zero-order chi connectivity index (χ0) is 18.7. The van der Waals surface area contributed by atoms with Crippen molar-refractivity contribution in [3.05, 3.63) is 75.7 Å². The molecular weight excluding hydrogens is 350 g/mol. The van der Waals surface area contributed by atoms with Crippen LogP contribution in [-0.4, -0.2) is 10.5 Å². The number of rotatable bonds is 4. The summed E-state index contributed by atoms with van der Waals surface area (Å²) in [5, 5.41) is 13.0. The van der Waals surface area contributed by atoms with Crippen molar-refractivity contribution in [3.63, 3.8) is 0 Å². The van der Waals surface area contributed by atoms with Crippen LogP contribution in [0.15, 0.2) is 59.4 Å². The van der Waals surface area contributed by atoms with Crippen molar-refractivity contribution < 1.29 is 4.79 Å². The number of fused-ring (bicyclic) bond motifs is 1. The average molecular weight is 366 g/mol. The van der Waals surface area contributed by atoms with Gasteiger partial charge in [0.1, 0.15) is 6.42 Å². The maximum atomic E-state index is 13.2. The summed E-state index contributed by atoms with van der Waals surface area (Å²) in [6.07, 6.45) is -0.237. The Balaban J connectivity index is 2.26. The predicted octanol–water partition coefficient (Wildman–Crippen LogP) is 3.73. The Morgan fingerprint density at radius 1 is 1.23 bits per heavy atom. The van der Waals surface area contributed by atoms with Gasteiger partial charge in [0.25, 0.3) is 5.56 Å². The molecular formula is C20H16ClN3O2. The normalized spacial score (nSPS) is 11.7. The quantitative estimate of drug-likeness (QED) is 0.765. The largest absolute Gasteiger partial charge is 0.347 e. The SMILES string of the molecule is C[C@H](NC(=O)CC#N)c1cc2cccc(Cl)c2c(=O)n1-c1ccccc1. The molecule has 0 saturated heterocycles. The van der Waals surface area contributed by atoms with Crippen LogP contribution in [0.25, 0.3) is 16.5 Å². The fraction of sp³-hybridized carbons (Fsp3) is 0.150. The highest BCUT2D eigenvalue weighted by Gasteiger charge is 2.18. The third kappa shape index (κ3) is 3.32. The van der Waals surface area contributed by atoms with Crippen molar-refractivity contribution in [1.29, 1.82) is 5.26 Å². The van der Waals surface area contributed by atoms with Crippen molar-refractivity contribution in [3.8, 4) is 11.8 Å². The highest BCUT2D eigenvalue weighted by molar-refractivity contribution is 6.35. The number of para-hydroxylation sites is 1. The minimum absolute atomic E-state index is 0.237. The molecule has 0 radical (unpaired) electrons. The Hall–Kier alpha value is -3.10. The number of hydrogen-bond donors (Lipinski definition) is 1. The lowest BCUT2D eigenvalue weighted by atomic mass is 10.1. The van der Waals surface area contributed by atoms with Crippen molar-refractivity contribution in [2.45, 2.75) is 19.4 Å². The number of benzene rings is 2. The third-order valence-electron chi connectivity index (χ3n) is 4.10. The minimum atomic E-state index is -0.466. The van der Waals surface area contributed by atoms with E-state index in [1.54, 1.807) is 23.6 Å². The van der Waals surface area contributed by atoms with Crippen molar-refractivity contribution in [1.82, 2.24) is 9.88 Å². The highest BCUT2D eigenvalue weighted by Crippen LogP contribution is 2.25. The Kier molecular flexibility index (Phi) is 5.06. The Labute approximate surface area is 155 Å². The van der Waals surface area contributed by atoms with Crippen LogP contribution in [0.4, 0.5) is 0 Å². The molecule has 0 unspecified atom stereocenters. The van der Waals surface area contributed by atoms with Crippen molar-refractivity contribution >= 4 is 28.3 Å². The zero-order valence-electron chi connectivity index (χ0n) is 14.1. The third-order valence-corrected chi connectivity index (χ3v) is 4.41. The van der Waals surface area contributed by atoms with Crippen molar-refractivity contribution in [2.75, 3.05) is 0 Å². The second-order valence-electron chi connectivity index (χ2n) is 5.87.